The van der Waals surface area contributed by atoms with E-state index in [0.717, 1.165) is 38.9 Å². The molecule has 2 rings (SSSR count). The SMILES string of the molecule is CN=C(NCCCN1CCCC1C(=O)N(C)C)NCc1ccccc1F. The van der Waals surface area contributed by atoms with Crippen LogP contribution in [-0.2, 0) is 11.3 Å². The predicted molar refractivity (Wildman–Crippen MR) is 103 cm³/mol. The molecular formula is C19H30FN5O. The van der Waals surface area contributed by atoms with Gasteiger partial charge in [-0.15, -0.1) is 0 Å². The molecule has 1 atom stereocenters. The second-order valence-electron chi connectivity index (χ2n) is 6.72. The summed E-state index contributed by atoms with van der Waals surface area (Å²) in [6, 6.07) is 6.72. The van der Waals surface area contributed by atoms with Crippen molar-refractivity contribution < 1.29 is 9.18 Å². The summed E-state index contributed by atoms with van der Waals surface area (Å²) in [5.41, 5.74) is 0.609. The highest BCUT2D eigenvalue weighted by atomic mass is 19.1. The van der Waals surface area contributed by atoms with Crippen molar-refractivity contribution in [3.05, 3.63) is 35.6 Å². The van der Waals surface area contributed by atoms with E-state index in [9.17, 15) is 9.18 Å². The zero-order chi connectivity index (χ0) is 18.9. The Bertz CT molecular complexity index is 620. The highest BCUT2D eigenvalue weighted by molar-refractivity contribution is 5.81. The Balaban J connectivity index is 1.71. The summed E-state index contributed by atoms with van der Waals surface area (Å²) in [6.07, 6.45) is 2.93. The minimum absolute atomic E-state index is 0.0171. The quantitative estimate of drug-likeness (QED) is 0.437. The average Bonchev–Trinajstić information content (AvgIpc) is 3.10. The Labute approximate surface area is 155 Å². The van der Waals surface area contributed by atoms with Crippen LogP contribution in [0.25, 0.3) is 0 Å². The van der Waals surface area contributed by atoms with Gasteiger partial charge in [0.05, 0.1) is 6.04 Å². The first kappa shape index (κ1) is 20.2. The van der Waals surface area contributed by atoms with Crippen molar-refractivity contribution in [2.24, 2.45) is 4.99 Å². The predicted octanol–water partition coefficient (Wildman–Crippen LogP) is 1.43. The van der Waals surface area contributed by atoms with E-state index in [0.29, 0.717) is 18.1 Å². The smallest absolute Gasteiger partial charge is 0.239 e. The Morgan fingerprint density at radius 2 is 2.12 bits per heavy atom. The van der Waals surface area contributed by atoms with Gasteiger partial charge in [0.25, 0.3) is 0 Å². The Morgan fingerprint density at radius 3 is 2.81 bits per heavy atom. The van der Waals surface area contributed by atoms with E-state index in [1.165, 1.54) is 6.07 Å². The lowest BCUT2D eigenvalue weighted by molar-refractivity contribution is -0.133. The molecule has 7 heteroatoms. The third-order valence-corrected chi connectivity index (χ3v) is 4.63. The Kier molecular flexibility index (Phi) is 7.84. The number of amides is 1. The molecule has 0 radical (unpaired) electrons. The maximum absolute atomic E-state index is 13.6. The van der Waals surface area contributed by atoms with Gasteiger partial charge in [0.15, 0.2) is 5.96 Å². The van der Waals surface area contributed by atoms with Crippen LogP contribution in [0.15, 0.2) is 29.3 Å². The molecule has 144 valence electrons. The van der Waals surface area contributed by atoms with E-state index < -0.39 is 0 Å². The van der Waals surface area contributed by atoms with Crippen molar-refractivity contribution >= 4 is 11.9 Å². The number of aliphatic imine (C=N–C) groups is 1. The molecule has 1 aromatic rings. The van der Waals surface area contributed by atoms with E-state index in [2.05, 4.69) is 20.5 Å². The van der Waals surface area contributed by atoms with Gasteiger partial charge in [-0.1, -0.05) is 18.2 Å². The fourth-order valence-corrected chi connectivity index (χ4v) is 3.20. The van der Waals surface area contributed by atoms with Gasteiger partial charge in [-0.25, -0.2) is 4.39 Å². The van der Waals surface area contributed by atoms with Crippen LogP contribution >= 0.6 is 0 Å². The number of nitrogens with zero attached hydrogens (tertiary/aromatic N) is 3. The standard InChI is InChI=1S/C19H30FN5O/c1-21-19(23-14-15-8-4-5-9-16(15)20)22-11-7-13-25-12-6-10-17(25)18(26)24(2)3/h4-5,8-9,17H,6-7,10-14H2,1-3H3,(H2,21,22,23). The molecule has 1 heterocycles. The Morgan fingerprint density at radius 1 is 1.35 bits per heavy atom. The second kappa shape index (κ2) is 10.1. The van der Waals surface area contributed by atoms with Crippen LogP contribution in [0.5, 0.6) is 0 Å². The molecule has 1 aliphatic rings. The number of hydrogen-bond donors (Lipinski definition) is 2. The minimum atomic E-state index is -0.221. The number of halogens is 1. The van der Waals surface area contributed by atoms with Gasteiger partial charge in [0, 0.05) is 46.3 Å². The molecule has 1 aromatic carbocycles. The number of carbonyl (C=O) groups is 1. The highest BCUT2D eigenvalue weighted by Gasteiger charge is 2.30. The molecule has 0 spiro atoms. The van der Waals surface area contributed by atoms with E-state index in [1.807, 2.05) is 20.2 Å². The van der Waals surface area contributed by atoms with Gasteiger partial charge in [-0.3, -0.25) is 14.7 Å². The largest absolute Gasteiger partial charge is 0.356 e. The Hall–Kier alpha value is -2.15. The summed E-state index contributed by atoms with van der Waals surface area (Å²) in [4.78, 5) is 20.3. The normalized spacial score (nSPS) is 18.0. The van der Waals surface area contributed by atoms with Crippen molar-refractivity contribution in [2.75, 3.05) is 40.8 Å². The van der Waals surface area contributed by atoms with Crippen molar-refractivity contribution in [1.29, 1.82) is 0 Å². The lowest BCUT2D eigenvalue weighted by Gasteiger charge is -2.26. The molecule has 1 fully saturated rings. The number of hydrogen-bond acceptors (Lipinski definition) is 3. The van der Waals surface area contributed by atoms with E-state index in [-0.39, 0.29) is 17.8 Å². The van der Waals surface area contributed by atoms with E-state index in [1.54, 1.807) is 24.1 Å². The summed E-state index contributed by atoms with van der Waals surface area (Å²) < 4.78 is 13.6. The first-order chi connectivity index (χ1) is 12.5. The van der Waals surface area contributed by atoms with E-state index >= 15 is 0 Å². The molecule has 0 aromatic heterocycles. The molecule has 6 nitrogen and oxygen atoms in total. The van der Waals surface area contributed by atoms with Gasteiger partial charge in [0.1, 0.15) is 5.82 Å². The molecule has 0 aliphatic carbocycles. The molecular weight excluding hydrogens is 333 g/mol. The molecule has 26 heavy (non-hydrogen) atoms. The zero-order valence-corrected chi connectivity index (χ0v) is 16.0. The molecule has 2 N–H and O–H groups in total. The summed E-state index contributed by atoms with van der Waals surface area (Å²) in [5, 5.41) is 6.37. The highest BCUT2D eigenvalue weighted by Crippen LogP contribution is 2.18. The lowest BCUT2D eigenvalue weighted by Crippen LogP contribution is -2.44. The van der Waals surface area contributed by atoms with Crippen LogP contribution < -0.4 is 10.6 Å². The van der Waals surface area contributed by atoms with Gasteiger partial charge in [0.2, 0.25) is 5.91 Å². The van der Waals surface area contributed by atoms with Gasteiger partial charge >= 0.3 is 0 Å². The fraction of sp³-hybridized carbons (Fsp3) is 0.579. The van der Waals surface area contributed by atoms with Crippen LogP contribution in [0, 0.1) is 5.82 Å². The fourth-order valence-electron chi connectivity index (χ4n) is 3.20. The van der Waals surface area contributed by atoms with E-state index in [4.69, 9.17) is 0 Å². The molecule has 1 unspecified atom stereocenters. The summed E-state index contributed by atoms with van der Waals surface area (Å²) in [7, 11) is 5.32. The number of nitrogens with one attached hydrogen (secondary N) is 2. The summed E-state index contributed by atoms with van der Waals surface area (Å²) in [5.74, 6) is 0.620. The third kappa shape index (κ3) is 5.69. The maximum atomic E-state index is 13.6. The molecule has 1 aliphatic heterocycles. The maximum Gasteiger partial charge on any atom is 0.239 e. The summed E-state index contributed by atoms with van der Waals surface area (Å²) in [6.45, 7) is 2.99. The number of carbonyl (C=O) groups excluding carboxylic acids is 1. The van der Waals surface area contributed by atoms with Crippen LogP contribution in [0.3, 0.4) is 0 Å². The number of rotatable bonds is 7. The molecule has 0 bridgehead atoms. The second-order valence-corrected chi connectivity index (χ2v) is 6.72. The van der Waals surface area contributed by atoms with Gasteiger partial charge in [-0.2, -0.15) is 0 Å². The van der Waals surface area contributed by atoms with Crippen molar-refractivity contribution in [3.63, 3.8) is 0 Å². The molecule has 1 saturated heterocycles. The topological polar surface area (TPSA) is 60.0 Å². The first-order valence-corrected chi connectivity index (χ1v) is 9.16. The molecule has 1 amide bonds. The number of likely N-dealkylation sites (N-methyl/N-ethyl adjacent to an activating group) is 1. The van der Waals surface area contributed by atoms with Crippen LogP contribution in [0.2, 0.25) is 0 Å². The first-order valence-electron chi connectivity index (χ1n) is 9.16. The average molecular weight is 363 g/mol. The van der Waals surface area contributed by atoms with Crippen LogP contribution in [0.1, 0.15) is 24.8 Å². The van der Waals surface area contributed by atoms with Gasteiger partial charge in [-0.05, 0) is 31.9 Å². The van der Waals surface area contributed by atoms with Crippen molar-refractivity contribution in [2.45, 2.75) is 31.8 Å². The van der Waals surface area contributed by atoms with Crippen LogP contribution in [-0.4, -0.2) is 68.5 Å². The molecule has 0 saturated carbocycles. The summed E-state index contributed by atoms with van der Waals surface area (Å²) >= 11 is 0. The van der Waals surface area contributed by atoms with Crippen molar-refractivity contribution in [1.82, 2.24) is 20.4 Å². The lowest BCUT2D eigenvalue weighted by atomic mass is 10.2. The number of guanidine groups is 1. The van der Waals surface area contributed by atoms with Crippen molar-refractivity contribution in [3.8, 4) is 0 Å². The number of likely N-dealkylation sites (tertiary alicyclic amines) is 1. The zero-order valence-electron chi connectivity index (χ0n) is 16.0. The number of benzene rings is 1. The third-order valence-electron chi connectivity index (χ3n) is 4.63. The monoisotopic (exact) mass is 363 g/mol. The van der Waals surface area contributed by atoms with Crippen LogP contribution in [0.4, 0.5) is 4.39 Å². The minimum Gasteiger partial charge on any atom is -0.356 e. The van der Waals surface area contributed by atoms with Gasteiger partial charge < -0.3 is 15.5 Å².